The van der Waals surface area contributed by atoms with Gasteiger partial charge in [-0.3, -0.25) is 4.98 Å². The van der Waals surface area contributed by atoms with Crippen LogP contribution in [0.15, 0.2) is 36.5 Å². The molecule has 2 aromatic heterocycles. The highest BCUT2D eigenvalue weighted by Crippen LogP contribution is 2.24. The minimum Gasteiger partial charge on any atom is -0.383 e. The summed E-state index contributed by atoms with van der Waals surface area (Å²) < 4.78 is 0. The van der Waals surface area contributed by atoms with E-state index in [1.54, 1.807) is 6.20 Å². The molecule has 28 heavy (non-hydrogen) atoms. The van der Waals surface area contributed by atoms with Crippen molar-refractivity contribution in [1.82, 2.24) is 15.0 Å². The molecule has 2 heterocycles. The average Bonchev–Trinajstić information content (AvgIpc) is 2.68. The number of pyridine rings is 1. The van der Waals surface area contributed by atoms with Crippen molar-refractivity contribution in [2.75, 3.05) is 35.6 Å². The first kappa shape index (κ1) is 20.1. The molecule has 3 N–H and O–H groups in total. The monoisotopic (exact) mass is 398 g/mol. The van der Waals surface area contributed by atoms with E-state index in [2.05, 4.69) is 37.8 Å². The number of nitrogens with one attached hydrogen (secondary N) is 3. The number of hydrogen-bond donors (Lipinski definition) is 3. The number of anilines is 3. The predicted molar refractivity (Wildman–Crippen MR) is 119 cm³/mol. The number of hydrogen-bond acceptors (Lipinski definition) is 6. The summed E-state index contributed by atoms with van der Waals surface area (Å²) in [4.78, 5) is 13.4. The van der Waals surface area contributed by atoms with Crippen LogP contribution in [0.2, 0.25) is 5.02 Å². The van der Waals surface area contributed by atoms with E-state index in [1.807, 2.05) is 37.3 Å². The molecule has 0 aliphatic heterocycles. The fraction of sp³-hybridized carbons (Fsp3) is 0.381. The number of aromatic nitrogens is 3. The normalized spacial score (nSPS) is 10.8. The molecule has 148 valence electrons. The first-order chi connectivity index (χ1) is 13.7. The highest BCUT2D eigenvalue weighted by Gasteiger charge is 2.04. The minimum atomic E-state index is 0.684. The smallest absolute Gasteiger partial charge is 0.224 e. The lowest BCUT2D eigenvalue weighted by Crippen LogP contribution is -2.15. The van der Waals surface area contributed by atoms with Crippen molar-refractivity contribution in [3.63, 3.8) is 0 Å². The molecule has 0 spiro atoms. The molecule has 0 fully saturated rings. The Bertz CT molecular complexity index is 915. The van der Waals surface area contributed by atoms with Gasteiger partial charge in [0, 0.05) is 53.7 Å². The maximum absolute atomic E-state index is 6.05. The second-order valence-electron chi connectivity index (χ2n) is 6.73. The number of benzene rings is 1. The molecular weight excluding hydrogens is 372 g/mol. The van der Waals surface area contributed by atoms with Gasteiger partial charge in [-0.2, -0.15) is 4.98 Å². The van der Waals surface area contributed by atoms with E-state index >= 15 is 0 Å². The second-order valence-corrected chi connectivity index (χ2v) is 7.16. The van der Waals surface area contributed by atoms with Crippen LogP contribution in [0.4, 0.5) is 17.5 Å². The summed E-state index contributed by atoms with van der Waals surface area (Å²) in [6, 6.07) is 9.68. The molecule has 0 aliphatic carbocycles. The SMILES string of the molecule is CCCCCNc1nc(C)cc(NCCNc2ccnc3cc(Cl)ccc23)n1. The van der Waals surface area contributed by atoms with E-state index < -0.39 is 0 Å². The van der Waals surface area contributed by atoms with Crippen molar-refractivity contribution in [2.45, 2.75) is 33.1 Å². The fourth-order valence-electron chi connectivity index (χ4n) is 2.98. The molecule has 0 aliphatic rings. The fourth-order valence-corrected chi connectivity index (χ4v) is 3.14. The van der Waals surface area contributed by atoms with E-state index in [-0.39, 0.29) is 0 Å². The van der Waals surface area contributed by atoms with Crippen LogP contribution < -0.4 is 16.0 Å². The molecule has 1 aromatic carbocycles. The Morgan fingerprint density at radius 1 is 0.929 bits per heavy atom. The maximum atomic E-state index is 6.05. The summed E-state index contributed by atoms with van der Waals surface area (Å²) in [5.74, 6) is 1.52. The molecule has 0 unspecified atom stereocenters. The Morgan fingerprint density at radius 3 is 2.64 bits per heavy atom. The third kappa shape index (κ3) is 5.70. The Hall–Kier alpha value is -2.60. The largest absolute Gasteiger partial charge is 0.383 e. The zero-order valence-electron chi connectivity index (χ0n) is 16.4. The van der Waals surface area contributed by atoms with Crippen molar-refractivity contribution < 1.29 is 0 Å². The average molecular weight is 399 g/mol. The summed E-state index contributed by atoms with van der Waals surface area (Å²) in [7, 11) is 0. The molecule has 0 saturated heterocycles. The van der Waals surface area contributed by atoms with Gasteiger partial charge in [0.2, 0.25) is 5.95 Å². The standard InChI is InChI=1S/C21H27ClN6/c1-3-4-5-9-26-21-27-15(2)13-20(28-21)25-12-11-24-18-8-10-23-19-14-16(22)6-7-17(18)19/h6-8,10,13-14H,3-5,9,11-12H2,1-2H3,(H,23,24)(H2,25,26,27,28). The molecule has 7 heteroatoms. The molecule has 6 nitrogen and oxygen atoms in total. The zero-order valence-corrected chi connectivity index (χ0v) is 17.2. The second kappa shape index (κ2) is 10.1. The summed E-state index contributed by atoms with van der Waals surface area (Å²) in [5.41, 5.74) is 2.87. The van der Waals surface area contributed by atoms with Crippen LogP contribution in [0.3, 0.4) is 0 Å². The lowest BCUT2D eigenvalue weighted by molar-refractivity contribution is 0.740. The van der Waals surface area contributed by atoms with Gasteiger partial charge in [0.1, 0.15) is 5.82 Å². The van der Waals surface area contributed by atoms with Gasteiger partial charge < -0.3 is 16.0 Å². The van der Waals surface area contributed by atoms with Crippen LogP contribution in [0.25, 0.3) is 10.9 Å². The number of fused-ring (bicyclic) bond motifs is 1. The van der Waals surface area contributed by atoms with Crippen molar-refractivity contribution in [3.8, 4) is 0 Å². The summed E-state index contributed by atoms with van der Waals surface area (Å²) >= 11 is 6.05. The topological polar surface area (TPSA) is 74.8 Å². The van der Waals surface area contributed by atoms with E-state index in [4.69, 9.17) is 11.6 Å². The number of rotatable bonds is 10. The maximum Gasteiger partial charge on any atom is 0.224 e. The van der Waals surface area contributed by atoms with Gasteiger partial charge >= 0.3 is 0 Å². The molecule has 0 saturated carbocycles. The molecule has 0 bridgehead atoms. The molecule has 3 aromatic rings. The third-order valence-corrected chi connectivity index (χ3v) is 4.60. The molecular formula is C21H27ClN6. The van der Waals surface area contributed by atoms with Crippen LogP contribution in [-0.4, -0.2) is 34.6 Å². The van der Waals surface area contributed by atoms with E-state index in [9.17, 15) is 0 Å². The highest BCUT2D eigenvalue weighted by molar-refractivity contribution is 6.31. The van der Waals surface area contributed by atoms with Crippen LogP contribution in [0.1, 0.15) is 31.9 Å². The minimum absolute atomic E-state index is 0.684. The first-order valence-corrected chi connectivity index (χ1v) is 10.1. The quantitative estimate of drug-likeness (QED) is 0.412. The number of halogens is 1. The van der Waals surface area contributed by atoms with Crippen molar-refractivity contribution in [1.29, 1.82) is 0 Å². The predicted octanol–water partition coefficient (Wildman–Crippen LogP) is 5.11. The Labute approximate surface area is 171 Å². The molecule has 0 atom stereocenters. The highest BCUT2D eigenvalue weighted by atomic mass is 35.5. The molecule has 3 rings (SSSR count). The number of nitrogens with zero attached hydrogens (tertiary/aromatic N) is 3. The van der Waals surface area contributed by atoms with E-state index in [0.717, 1.165) is 54.2 Å². The van der Waals surface area contributed by atoms with Gasteiger partial charge in [0.25, 0.3) is 0 Å². The summed E-state index contributed by atoms with van der Waals surface area (Å²) in [6.45, 7) is 6.57. The van der Waals surface area contributed by atoms with E-state index in [1.165, 1.54) is 12.8 Å². The first-order valence-electron chi connectivity index (χ1n) is 9.77. The van der Waals surface area contributed by atoms with Crippen LogP contribution >= 0.6 is 11.6 Å². The van der Waals surface area contributed by atoms with Gasteiger partial charge in [-0.25, -0.2) is 4.98 Å². The lowest BCUT2D eigenvalue weighted by atomic mass is 10.2. The van der Waals surface area contributed by atoms with Crippen LogP contribution in [0.5, 0.6) is 0 Å². The molecule has 0 radical (unpaired) electrons. The van der Waals surface area contributed by atoms with Crippen molar-refractivity contribution in [3.05, 3.63) is 47.2 Å². The third-order valence-electron chi connectivity index (χ3n) is 4.37. The van der Waals surface area contributed by atoms with Gasteiger partial charge in [-0.05, 0) is 37.6 Å². The van der Waals surface area contributed by atoms with Crippen molar-refractivity contribution >= 4 is 40.0 Å². The summed E-state index contributed by atoms with van der Waals surface area (Å²) in [5, 5.41) is 11.9. The van der Waals surface area contributed by atoms with Crippen molar-refractivity contribution in [2.24, 2.45) is 0 Å². The summed E-state index contributed by atoms with van der Waals surface area (Å²) in [6.07, 6.45) is 5.34. The van der Waals surface area contributed by atoms with Gasteiger partial charge in [0.05, 0.1) is 5.52 Å². The number of aryl methyl sites for hydroxylation is 1. The van der Waals surface area contributed by atoms with Gasteiger partial charge in [-0.1, -0.05) is 31.4 Å². The Balaban J connectivity index is 1.53. The van der Waals surface area contributed by atoms with Gasteiger partial charge in [0.15, 0.2) is 0 Å². The Morgan fingerprint density at radius 2 is 1.79 bits per heavy atom. The zero-order chi connectivity index (χ0) is 19.8. The van der Waals surface area contributed by atoms with Crippen LogP contribution in [0, 0.1) is 6.92 Å². The van der Waals surface area contributed by atoms with E-state index in [0.29, 0.717) is 11.0 Å². The van der Waals surface area contributed by atoms with Crippen LogP contribution in [-0.2, 0) is 0 Å². The number of unbranched alkanes of at least 4 members (excludes halogenated alkanes) is 2. The lowest BCUT2D eigenvalue weighted by Gasteiger charge is -2.12. The van der Waals surface area contributed by atoms with Gasteiger partial charge in [-0.15, -0.1) is 0 Å². The Kier molecular flexibility index (Phi) is 7.25. The molecule has 0 amide bonds.